The SMILES string of the molecule is CCc1ccc(CNC(=O)C2CNC(C)CN2)cc1. The molecule has 0 radical (unpaired) electrons. The molecule has 3 N–H and O–H groups in total. The molecule has 1 aromatic carbocycles. The van der Waals surface area contributed by atoms with Crippen molar-refractivity contribution in [2.24, 2.45) is 0 Å². The Morgan fingerprint density at radius 1 is 1.21 bits per heavy atom. The van der Waals surface area contributed by atoms with Gasteiger partial charge in [-0.3, -0.25) is 4.79 Å². The van der Waals surface area contributed by atoms with Crippen LogP contribution in [-0.4, -0.2) is 31.1 Å². The molecule has 4 heteroatoms. The average molecular weight is 261 g/mol. The Labute approximate surface area is 115 Å². The van der Waals surface area contributed by atoms with E-state index in [0.717, 1.165) is 18.5 Å². The predicted molar refractivity (Wildman–Crippen MR) is 76.9 cm³/mol. The summed E-state index contributed by atoms with van der Waals surface area (Å²) in [5.41, 5.74) is 2.46. The van der Waals surface area contributed by atoms with Gasteiger partial charge in [-0.25, -0.2) is 0 Å². The lowest BCUT2D eigenvalue weighted by atomic mass is 10.1. The van der Waals surface area contributed by atoms with Crippen molar-refractivity contribution in [3.8, 4) is 0 Å². The molecule has 1 amide bonds. The molecule has 0 bridgehead atoms. The minimum atomic E-state index is -0.119. The molecule has 19 heavy (non-hydrogen) atoms. The summed E-state index contributed by atoms with van der Waals surface area (Å²) in [6, 6.07) is 8.70. The van der Waals surface area contributed by atoms with Crippen molar-refractivity contribution in [2.45, 2.75) is 38.9 Å². The number of hydrogen-bond acceptors (Lipinski definition) is 3. The van der Waals surface area contributed by atoms with Crippen LogP contribution in [0, 0.1) is 0 Å². The Morgan fingerprint density at radius 2 is 1.89 bits per heavy atom. The lowest BCUT2D eigenvalue weighted by Crippen LogP contribution is -2.58. The first kappa shape index (κ1) is 14.0. The van der Waals surface area contributed by atoms with Crippen LogP contribution in [0.15, 0.2) is 24.3 Å². The number of aryl methyl sites for hydroxylation is 1. The first-order valence-electron chi connectivity index (χ1n) is 7.01. The van der Waals surface area contributed by atoms with Gasteiger partial charge in [0, 0.05) is 25.7 Å². The van der Waals surface area contributed by atoms with Gasteiger partial charge in [0.1, 0.15) is 0 Å². The second kappa shape index (κ2) is 6.68. The van der Waals surface area contributed by atoms with E-state index in [4.69, 9.17) is 0 Å². The van der Waals surface area contributed by atoms with E-state index in [1.807, 2.05) is 0 Å². The Bertz CT molecular complexity index is 408. The van der Waals surface area contributed by atoms with Gasteiger partial charge in [0.05, 0.1) is 6.04 Å². The van der Waals surface area contributed by atoms with Crippen molar-refractivity contribution in [1.82, 2.24) is 16.0 Å². The van der Waals surface area contributed by atoms with Crippen LogP contribution in [0.3, 0.4) is 0 Å². The lowest BCUT2D eigenvalue weighted by Gasteiger charge is -2.28. The van der Waals surface area contributed by atoms with Crippen molar-refractivity contribution in [1.29, 1.82) is 0 Å². The molecule has 2 rings (SSSR count). The number of amides is 1. The van der Waals surface area contributed by atoms with E-state index >= 15 is 0 Å². The Kier molecular flexibility index (Phi) is 4.93. The standard InChI is InChI=1S/C15H23N3O/c1-3-12-4-6-13(7-5-12)9-18-15(19)14-10-16-11(2)8-17-14/h4-7,11,14,16-17H,3,8-10H2,1-2H3,(H,18,19). The topological polar surface area (TPSA) is 53.2 Å². The van der Waals surface area contributed by atoms with E-state index in [9.17, 15) is 4.79 Å². The number of carbonyl (C=O) groups is 1. The molecular weight excluding hydrogens is 238 g/mol. The Balaban J connectivity index is 1.79. The molecule has 0 aromatic heterocycles. The quantitative estimate of drug-likeness (QED) is 0.752. The summed E-state index contributed by atoms with van der Waals surface area (Å²) in [5.74, 6) is 0.0685. The van der Waals surface area contributed by atoms with Crippen LogP contribution in [0.2, 0.25) is 0 Å². The first-order chi connectivity index (χ1) is 9.19. The third kappa shape index (κ3) is 4.04. The van der Waals surface area contributed by atoms with Gasteiger partial charge in [-0.2, -0.15) is 0 Å². The van der Waals surface area contributed by atoms with E-state index in [2.05, 4.69) is 54.1 Å². The summed E-state index contributed by atoms with van der Waals surface area (Å²) >= 11 is 0. The monoisotopic (exact) mass is 261 g/mol. The van der Waals surface area contributed by atoms with E-state index in [1.165, 1.54) is 5.56 Å². The Morgan fingerprint density at radius 3 is 2.47 bits per heavy atom. The maximum atomic E-state index is 12.0. The molecule has 104 valence electrons. The maximum Gasteiger partial charge on any atom is 0.238 e. The largest absolute Gasteiger partial charge is 0.351 e. The van der Waals surface area contributed by atoms with Crippen LogP contribution < -0.4 is 16.0 Å². The molecular formula is C15H23N3O. The predicted octanol–water partition coefficient (Wildman–Crippen LogP) is 0.815. The lowest BCUT2D eigenvalue weighted by molar-refractivity contribution is -0.123. The van der Waals surface area contributed by atoms with E-state index in [1.54, 1.807) is 0 Å². The fourth-order valence-corrected chi connectivity index (χ4v) is 2.17. The summed E-state index contributed by atoms with van der Waals surface area (Å²) < 4.78 is 0. The van der Waals surface area contributed by atoms with Gasteiger partial charge in [-0.05, 0) is 24.5 Å². The summed E-state index contributed by atoms with van der Waals surface area (Å²) in [6.07, 6.45) is 1.04. The molecule has 1 fully saturated rings. The van der Waals surface area contributed by atoms with Gasteiger partial charge in [0.15, 0.2) is 0 Å². The zero-order chi connectivity index (χ0) is 13.7. The molecule has 0 saturated carbocycles. The number of carbonyl (C=O) groups excluding carboxylic acids is 1. The highest BCUT2D eigenvalue weighted by Crippen LogP contribution is 2.05. The minimum absolute atomic E-state index is 0.0685. The van der Waals surface area contributed by atoms with Gasteiger partial charge in [-0.1, -0.05) is 31.2 Å². The highest BCUT2D eigenvalue weighted by atomic mass is 16.2. The number of benzene rings is 1. The van der Waals surface area contributed by atoms with Gasteiger partial charge >= 0.3 is 0 Å². The van der Waals surface area contributed by atoms with Crippen LogP contribution in [-0.2, 0) is 17.8 Å². The molecule has 1 aliphatic rings. The first-order valence-corrected chi connectivity index (χ1v) is 7.01. The van der Waals surface area contributed by atoms with Crippen molar-refractivity contribution < 1.29 is 4.79 Å². The van der Waals surface area contributed by atoms with Crippen LogP contribution in [0.5, 0.6) is 0 Å². The van der Waals surface area contributed by atoms with Gasteiger partial charge < -0.3 is 16.0 Å². The Hall–Kier alpha value is -1.39. The van der Waals surface area contributed by atoms with Crippen molar-refractivity contribution in [3.05, 3.63) is 35.4 Å². The molecule has 1 saturated heterocycles. The van der Waals surface area contributed by atoms with E-state index < -0.39 is 0 Å². The highest BCUT2D eigenvalue weighted by Gasteiger charge is 2.22. The van der Waals surface area contributed by atoms with Crippen molar-refractivity contribution in [3.63, 3.8) is 0 Å². The molecule has 4 nitrogen and oxygen atoms in total. The van der Waals surface area contributed by atoms with Crippen molar-refractivity contribution in [2.75, 3.05) is 13.1 Å². The molecule has 0 spiro atoms. The fourth-order valence-electron chi connectivity index (χ4n) is 2.17. The third-order valence-corrected chi connectivity index (χ3v) is 3.56. The van der Waals surface area contributed by atoms with Gasteiger partial charge in [0.25, 0.3) is 0 Å². The second-order valence-electron chi connectivity index (χ2n) is 5.16. The number of hydrogen-bond donors (Lipinski definition) is 3. The molecule has 2 unspecified atom stereocenters. The fraction of sp³-hybridized carbons (Fsp3) is 0.533. The summed E-state index contributed by atoms with van der Waals surface area (Å²) in [7, 11) is 0. The van der Waals surface area contributed by atoms with Crippen LogP contribution >= 0.6 is 0 Å². The van der Waals surface area contributed by atoms with Crippen LogP contribution in [0.25, 0.3) is 0 Å². The second-order valence-corrected chi connectivity index (χ2v) is 5.16. The smallest absolute Gasteiger partial charge is 0.238 e. The number of nitrogens with one attached hydrogen (secondary N) is 3. The average Bonchev–Trinajstić information content (AvgIpc) is 2.46. The van der Waals surface area contributed by atoms with E-state index in [-0.39, 0.29) is 11.9 Å². The minimum Gasteiger partial charge on any atom is -0.351 e. The molecule has 2 atom stereocenters. The molecule has 1 heterocycles. The third-order valence-electron chi connectivity index (χ3n) is 3.56. The maximum absolute atomic E-state index is 12.0. The normalized spacial score (nSPS) is 23.1. The highest BCUT2D eigenvalue weighted by molar-refractivity contribution is 5.82. The zero-order valence-electron chi connectivity index (χ0n) is 11.7. The number of rotatable bonds is 4. The van der Waals surface area contributed by atoms with Crippen LogP contribution in [0.1, 0.15) is 25.0 Å². The van der Waals surface area contributed by atoms with E-state index in [0.29, 0.717) is 19.1 Å². The van der Waals surface area contributed by atoms with Gasteiger partial charge in [-0.15, -0.1) is 0 Å². The summed E-state index contributed by atoms with van der Waals surface area (Å²) in [5, 5.41) is 9.53. The molecule has 1 aliphatic heterocycles. The van der Waals surface area contributed by atoms with Crippen molar-refractivity contribution >= 4 is 5.91 Å². The zero-order valence-corrected chi connectivity index (χ0v) is 11.7. The van der Waals surface area contributed by atoms with Gasteiger partial charge in [0.2, 0.25) is 5.91 Å². The van der Waals surface area contributed by atoms with Crippen LogP contribution in [0.4, 0.5) is 0 Å². The molecule has 0 aliphatic carbocycles. The number of piperazine rings is 1. The summed E-state index contributed by atoms with van der Waals surface area (Å²) in [4.78, 5) is 12.0. The summed E-state index contributed by atoms with van der Waals surface area (Å²) in [6.45, 7) is 6.37. The molecule has 1 aromatic rings.